The molecule has 0 aliphatic heterocycles. The molecule has 0 aliphatic rings. The van der Waals surface area contributed by atoms with E-state index in [4.69, 9.17) is 0 Å². The van der Waals surface area contributed by atoms with Crippen molar-refractivity contribution >= 4 is 16.5 Å². The van der Waals surface area contributed by atoms with Crippen molar-refractivity contribution < 1.29 is 0 Å². The van der Waals surface area contributed by atoms with Crippen LogP contribution >= 0.6 is 0 Å². The van der Waals surface area contributed by atoms with Crippen molar-refractivity contribution in [1.29, 1.82) is 0 Å². The number of hydrogen-bond acceptors (Lipinski definition) is 0. The van der Waals surface area contributed by atoms with Gasteiger partial charge in [-0.3, -0.25) is 4.48 Å². The van der Waals surface area contributed by atoms with Gasteiger partial charge in [0.15, 0.2) is 0 Å². The molecule has 14 heavy (non-hydrogen) atoms. The summed E-state index contributed by atoms with van der Waals surface area (Å²) in [6.07, 6.45) is 0. The van der Waals surface area contributed by atoms with Gasteiger partial charge in [-0.2, -0.15) is 0 Å². The van der Waals surface area contributed by atoms with Gasteiger partial charge in [0, 0.05) is 6.07 Å². The summed E-state index contributed by atoms with van der Waals surface area (Å²) in [7, 11) is 6.52. The standard InChI is InChI=1S/C13H15N/c1-14(2,3)13-9-8-11-6-4-5-7-12(11)10-13/h4-5,7-10H,1-3H3/q+1. The van der Waals surface area contributed by atoms with Crippen molar-refractivity contribution in [2.75, 3.05) is 21.1 Å². The Kier molecular flexibility index (Phi) is 2.05. The fourth-order valence-electron chi connectivity index (χ4n) is 1.53. The predicted molar refractivity (Wildman–Crippen MR) is 62.4 cm³/mol. The minimum atomic E-state index is 0.852. The summed E-state index contributed by atoms with van der Waals surface area (Å²) >= 11 is 0. The zero-order chi connectivity index (χ0) is 10.2. The van der Waals surface area contributed by atoms with E-state index >= 15 is 0 Å². The molecular weight excluding hydrogens is 170 g/mol. The quantitative estimate of drug-likeness (QED) is 0.599. The molecule has 0 spiro atoms. The van der Waals surface area contributed by atoms with Gasteiger partial charge in [0.2, 0.25) is 0 Å². The van der Waals surface area contributed by atoms with E-state index in [1.165, 1.54) is 16.5 Å². The van der Waals surface area contributed by atoms with Gasteiger partial charge in [-0.25, -0.2) is 0 Å². The van der Waals surface area contributed by atoms with Gasteiger partial charge in [-0.1, -0.05) is 18.2 Å². The third-order valence-corrected chi connectivity index (χ3v) is 2.42. The molecule has 71 valence electrons. The Labute approximate surface area is 85.2 Å². The Morgan fingerprint density at radius 1 is 1.07 bits per heavy atom. The molecule has 1 heteroatoms. The molecule has 1 radical (unpaired) electrons. The van der Waals surface area contributed by atoms with Crippen LogP contribution in [0.15, 0.2) is 36.4 Å². The van der Waals surface area contributed by atoms with Crippen molar-refractivity contribution in [3.63, 3.8) is 0 Å². The van der Waals surface area contributed by atoms with Crippen LogP contribution in [0.1, 0.15) is 0 Å². The zero-order valence-electron chi connectivity index (χ0n) is 8.91. The summed E-state index contributed by atoms with van der Waals surface area (Å²) in [6.45, 7) is 0. The molecular formula is C13H15N+. The van der Waals surface area contributed by atoms with Gasteiger partial charge < -0.3 is 0 Å². The molecule has 0 N–H and O–H groups in total. The lowest BCUT2D eigenvalue weighted by atomic mass is 10.1. The van der Waals surface area contributed by atoms with Crippen LogP contribution in [-0.4, -0.2) is 21.1 Å². The molecule has 0 bridgehead atoms. The van der Waals surface area contributed by atoms with E-state index < -0.39 is 0 Å². The zero-order valence-corrected chi connectivity index (χ0v) is 8.91. The summed E-state index contributed by atoms with van der Waals surface area (Å²) in [4.78, 5) is 0. The highest BCUT2D eigenvalue weighted by molar-refractivity contribution is 5.84. The Morgan fingerprint density at radius 3 is 2.57 bits per heavy atom. The third kappa shape index (κ3) is 1.64. The van der Waals surface area contributed by atoms with Crippen molar-refractivity contribution in [3.05, 3.63) is 42.5 Å². The highest BCUT2D eigenvalue weighted by Gasteiger charge is 2.11. The van der Waals surface area contributed by atoms with Crippen LogP contribution in [0.5, 0.6) is 0 Å². The van der Waals surface area contributed by atoms with Crippen LogP contribution in [0, 0.1) is 6.07 Å². The fraction of sp³-hybridized carbons (Fsp3) is 0.231. The molecule has 2 aromatic rings. The molecule has 0 unspecified atom stereocenters. The molecule has 0 atom stereocenters. The maximum Gasteiger partial charge on any atom is 0.132 e. The van der Waals surface area contributed by atoms with Crippen LogP contribution in [0.3, 0.4) is 0 Å². The average molecular weight is 185 g/mol. The second-order valence-electron chi connectivity index (χ2n) is 4.45. The van der Waals surface area contributed by atoms with E-state index in [9.17, 15) is 0 Å². The van der Waals surface area contributed by atoms with E-state index in [1.807, 2.05) is 12.1 Å². The fourth-order valence-corrected chi connectivity index (χ4v) is 1.53. The van der Waals surface area contributed by atoms with Crippen LogP contribution in [0.25, 0.3) is 10.8 Å². The molecule has 0 saturated heterocycles. The molecule has 0 aliphatic carbocycles. The largest absolute Gasteiger partial charge is 0.298 e. The second-order valence-corrected chi connectivity index (χ2v) is 4.45. The van der Waals surface area contributed by atoms with E-state index in [2.05, 4.69) is 51.5 Å². The minimum Gasteiger partial charge on any atom is -0.298 e. The molecule has 0 saturated carbocycles. The van der Waals surface area contributed by atoms with Crippen molar-refractivity contribution in [3.8, 4) is 0 Å². The maximum absolute atomic E-state index is 3.22. The first-order chi connectivity index (χ1) is 6.57. The van der Waals surface area contributed by atoms with Crippen molar-refractivity contribution in [2.24, 2.45) is 0 Å². The topological polar surface area (TPSA) is 0 Å². The Bertz CT molecular complexity index is 452. The smallest absolute Gasteiger partial charge is 0.132 e. The first-order valence-electron chi connectivity index (χ1n) is 4.80. The van der Waals surface area contributed by atoms with Gasteiger partial charge in [-0.15, -0.1) is 0 Å². The minimum absolute atomic E-state index is 0.852. The first kappa shape index (κ1) is 9.22. The van der Waals surface area contributed by atoms with Crippen molar-refractivity contribution in [2.45, 2.75) is 0 Å². The number of quaternary nitrogens is 1. The molecule has 0 aromatic heterocycles. The summed E-state index contributed by atoms with van der Waals surface area (Å²) in [6, 6.07) is 15.9. The Hall–Kier alpha value is -1.34. The van der Waals surface area contributed by atoms with Gasteiger partial charge in [0.25, 0.3) is 0 Å². The van der Waals surface area contributed by atoms with Gasteiger partial charge >= 0.3 is 0 Å². The summed E-state index contributed by atoms with van der Waals surface area (Å²) in [5.41, 5.74) is 1.32. The third-order valence-electron chi connectivity index (χ3n) is 2.42. The lowest BCUT2D eigenvalue weighted by Gasteiger charge is -2.23. The average Bonchev–Trinajstić information content (AvgIpc) is 2.16. The van der Waals surface area contributed by atoms with E-state index in [0.29, 0.717) is 0 Å². The molecule has 2 rings (SSSR count). The van der Waals surface area contributed by atoms with E-state index in [1.54, 1.807) is 0 Å². The maximum atomic E-state index is 3.22. The van der Waals surface area contributed by atoms with Crippen LogP contribution in [0.2, 0.25) is 0 Å². The van der Waals surface area contributed by atoms with Gasteiger partial charge in [0.1, 0.15) is 5.69 Å². The highest BCUT2D eigenvalue weighted by Crippen LogP contribution is 2.22. The van der Waals surface area contributed by atoms with Gasteiger partial charge in [-0.05, 0) is 29.0 Å². The molecule has 0 heterocycles. The second kappa shape index (κ2) is 3.10. The SMILES string of the molecule is C[N+](C)(C)c1ccc2[c]cccc2c1. The Morgan fingerprint density at radius 2 is 1.86 bits per heavy atom. The number of nitrogens with zero attached hydrogens (tertiary/aromatic N) is 1. The Balaban J connectivity index is 2.63. The predicted octanol–water partition coefficient (Wildman–Crippen LogP) is 2.84. The lowest BCUT2D eigenvalue weighted by molar-refractivity contribution is 0.487. The summed E-state index contributed by atoms with van der Waals surface area (Å²) in [5, 5.41) is 2.45. The lowest BCUT2D eigenvalue weighted by Crippen LogP contribution is -2.34. The first-order valence-corrected chi connectivity index (χ1v) is 4.80. The monoisotopic (exact) mass is 185 g/mol. The normalized spacial score (nSPS) is 11.9. The summed E-state index contributed by atoms with van der Waals surface area (Å²) in [5.74, 6) is 0. The van der Waals surface area contributed by atoms with Crippen LogP contribution in [-0.2, 0) is 0 Å². The molecule has 0 amide bonds. The molecule has 2 aromatic carbocycles. The van der Waals surface area contributed by atoms with Crippen LogP contribution in [0.4, 0.5) is 5.69 Å². The number of rotatable bonds is 1. The van der Waals surface area contributed by atoms with Gasteiger partial charge in [0.05, 0.1) is 21.1 Å². The van der Waals surface area contributed by atoms with E-state index in [0.717, 1.165) is 4.48 Å². The summed E-state index contributed by atoms with van der Waals surface area (Å²) < 4.78 is 0.852. The number of hydrogen-bond donors (Lipinski definition) is 0. The molecule has 1 nitrogen and oxygen atoms in total. The highest BCUT2D eigenvalue weighted by atomic mass is 15.3. The molecule has 0 fully saturated rings. The van der Waals surface area contributed by atoms with Crippen molar-refractivity contribution in [1.82, 2.24) is 4.48 Å². The van der Waals surface area contributed by atoms with E-state index in [-0.39, 0.29) is 0 Å². The number of benzene rings is 2. The van der Waals surface area contributed by atoms with Crippen LogP contribution < -0.4 is 4.48 Å². The number of fused-ring (bicyclic) bond motifs is 1.